The molecule has 0 aliphatic carbocycles. The molecular weight excluding hydrogens is 300 g/mol. The van der Waals surface area contributed by atoms with E-state index in [1.165, 1.54) is 12.1 Å². The third kappa shape index (κ3) is 3.39. The van der Waals surface area contributed by atoms with Crippen molar-refractivity contribution in [3.05, 3.63) is 23.8 Å². The van der Waals surface area contributed by atoms with Gasteiger partial charge in [-0.05, 0) is 24.1 Å². The number of aromatic hydroxyl groups is 1. The van der Waals surface area contributed by atoms with Crippen molar-refractivity contribution in [1.82, 2.24) is 4.72 Å². The zero-order valence-electron chi connectivity index (χ0n) is 11.3. The van der Waals surface area contributed by atoms with E-state index in [0.717, 1.165) is 4.31 Å². The molecule has 1 aliphatic heterocycles. The van der Waals surface area contributed by atoms with E-state index in [1.807, 2.05) is 0 Å². The van der Waals surface area contributed by atoms with Gasteiger partial charge in [-0.25, -0.2) is 0 Å². The van der Waals surface area contributed by atoms with Gasteiger partial charge in [0.25, 0.3) is 0 Å². The number of phenols is 1. The molecule has 0 bridgehead atoms. The first kappa shape index (κ1) is 15.9. The maximum absolute atomic E-state index is 10.8. The molecule has 1 aromatic carbocycles. The maximum Gasteiger partial charge on any atom is 0.306 e. The summed E-state index contributed by atoms with van der Waals surface area (Å²) < 4.78 is 22.9. The van der Waals surface area contributed by atoms with Crippen LogP contribution in [-0.2, 0) is 11.2 Å². The van der Waals surface area contributed by atoms with Crippen LogP contribution in [0.1, 0.15) is 12.5 Å². The molecule has 0 radical (unpaired) electrons. The number of aliphatic hydroxyl groups is 1. The number of β-amino-alcohol motifs (C(OH)–C–C–N with tert-alkyl or cyclic N) is 1. The van der Waals surface area contributed by atoms with Crippen molar-refractivity contribution >= 4 is 22.6 Å². The normalized spacial score (nSPS) is 23.8. The number of carboxylic acids is 1. The number of carboxylic acid groups (broad SMARTS) is 1. The molecule has 0 spiro atoms. The Hall–Kier alpha value is -1.52. The van der Waals surface area contributed by atoms with Crippen molar-refractivity contribution in [2.75, 3.05) is 10.8 Å². The number of hydrogen-bond acceptors (Lipinski definition) is 7. The number of carbonyl (C=O) groups is 1. The molecule has 0 aromatic heterocycles. The highest BCUT2D eigenvalue weighted by molar-refractivity contribution is 8.24. The van der Waals surface area contributed by atoms with Crippen LogP contribution in [0.25, 0.3) is 0 Å². The average molecular weight is 318 g/mol. The minimum Gasteiger partial charge on any atom is -0.506 e. The highest BCUT2D eigenvalue weighted by atomic mass is 32.3. The number of anilines is 1. The molecule has 8 nitrogen and oxygen atoms in total. The third-order valence-corrected chi connectivity index (χ3v) is 4.76. The van der Waals surface area contributed by atoms with E-state index in [4.69, 9.17) is 5.11 Å². The molecule has 0 amide bonds. The molecule has 9 heteroatoms. The molecule has 1 aliphatic rings. The molecule has 1 heterocycles. The summed E-state index contributed by atoms with van der Waals surface area (Å²) in [5.41, 5.74) is 0.779. The summed E-state index contributed by atoms with van der Waals surface area (Å²) in [7, 11) is -3.38. The summed E-state index contributed by atoms with van der Waals surface area (Å²) in [5, 5.41) is 28.3. The van der Waals surface area contributed by atoms with Crippen molar-refractivity contribution in [3.8, 4) is 5.75 Å². The Bertz CT molecular complexity index is 553. The number of rotatable bonds is 4. The fourth-order valence-electron chi connectivity index (χ4n) is 2.13. The van der Waals surface area contributed by atoms with Gasteiger partial charge >= 0.3 is 5.97 Å². The molecule has 1 fully saturated rings. The van der Waals surface area contributed by atoms with Gasteiger partial charge in [0.15, 0.2) is 0 Å². The van der Waals surface area contributed by atoms with Crippen LogP contribution in [0, 0.1) is 5.92 Å². The largest absolute Gasteiger partial charge is 0.506 e. The lowest BCUT2D eigenvalue weighted by atomic mass is 10.0. The topological polar surface area (TPSA) is 133 Å². The molecule has 118 valence electrons. The first-order valence-corrected chi connectivity index (χ1v) is 7.77. The van der Waals surface area contributed by atoms with Crippen LogP contribution in [0.5, 0.6) is 5.75 Å². The fraction of sp³-hybridized carbons (Fsp3) is 0.417. The van der Waals surface area contributed by atoms with E-state index in [9.17, 15) is 24.1 Å². The highest BCUT2D eigenvalue weighted by Crippen LogP contribution is 2.49. The maximum atomic E-state index is 10.8. The molecular formula is C12H18N2O6S. The second-order valence-corrected chi connectivity index (χ2v) is 6.69. The first-order chi connectivity index (χ1) is 9.70. The predicted octanol–water partition coefficient (Wildman–Crippen LogP) is 0.964. The number of benzene rings is 1. The van der Waals surface area contributed by atoms with Crippen molar-refractivity contribution in [3.63, 3.8) is 0 Å². The van der Waals surface area contributed by atoms with E-state index >= 15 is 0 Å². The third-order valence-electron chi connectivity index (χ3n) is 3.21. The van der Waals surface area contributed by atoms with Gasteiger partial charge in [-0.2, -0.15) is 4.72 Å². The molecule has 0 saturated carbocycles. The lowest BCUT2D eigenvalue weighted by molar-refractivity contribution is -0.141. The van der Waals surface area contributed by atoms with Gasteiger partial charge in [-0.1, -0.05) is 24.0 Å². The van der Waals surface area contributed by atoms with Crippen LogP contribution in [-0.4, -0.2) is 43.2 Å². The Morgan fingerprint density at radius 2 is 2.19 bits per heavy atom. The number of nitrogens with zero attached hydrogens (tertiary/aromatic N) is 1. The minimum atomic E-state index is -3.38. The Kier molecular flexibility index (Phi) is 4.30. The molecule has 6 N–H and O–H groups in total. The van der Waals surface area contributed by atoms with Crippen LogP contribution in [0.2, 0.25) is 0 Å². The Morgan fingerprint density at radius 3 is 2.67 bits per heavy atom. The van der Waals surface area contributed by atoms with Gasteiger partial charge in [0.1, 0.15) is 17.7 Å². The molecule has 2 atom stereocenters. The summed E-state index contributed by atoms with van der Waals surface area (Å²) in [6.45, 7) is 1.48. The second-order valence-electron chi connectivity index (χ2n) is 4.98. The fourth-order valence-corrected chi connectivity index (χ4v) is 3.47. The SMILES string of the molecule is CC(Cc1ccc(N2CC(O)NS2(O)O)c(O)c1)C(=O)O. The molecule has 2 unspecified atom stereocenters. The number of aliphatic hydroxyl groups excluding tert-OH is 1. The van der Waals surface area contributed by atoms with Crippen LogP contribution in [0.15, 0.2) is 18.2 Å². The van der Waals surface area contributed by atoms with Gasteiger partial charge in [0, 0.05) is 0 Å². The van der Waals surface area contributed by atoms with Crippen molar-refractivity contribution in [2.24, 2.45) is 5.92 Å². The monoisotopic (exact) mass is 318 g/mol. The number of hydrogen-bond donors (Lipinski definition) is 6. The Morgan fingerprint density at radius 1 is 1.52 bits per heavy atom. The van der Waals surface area contributed by atoms with E-state index in [2.05, 4.69) is 4.72 Å². The van der Waals surface area contributed by atoms with Crippen LogP contribution < -0.4 is 9.03 Å². The standard InChI is InChI=1S/C12H18N2O6S/c1-7(12(17)18)4-8-2-3-9(10(15)5-8)14-6-11(16)13-21(14,19)20/h2-3,5,7,11,13,15-16,19-20H,4,6H2,1H3,(H,17,18). The number of nitrogens with one attached hydrogen (secondary N) is 1. The summed E-state index contributed by atoms with van der Waals surface area (Å²) in [4.78, 5) is 10.8. The smallest absolute Gasteiger partial charge is 0.306 e. The molecule has 21 heavy (non-hydrogen) atoms. The quantitative estimate of drug-likeness (QED) is 0.483. The van der Waals surface area contributed by atoms with E-state index in [1.54, 1.807) is 13.0 Å². The van der Waals surface area contributed by atoms with Gasteiger partial charge in [0.05, 0.1) is 12.5 Å². The zero-order chi connectivity index (χ0) is 15.8. The zero-order valence-corrected chi connectivity index (χ0v) is 12.1. The predicted molar refractivity (Wildman–Crippen MR) is 77.9 cm³/mol. The molecule has 2 rings (SSSR count). The lowest BCUT2D eigenvalue weighted by Crippen LogP contribution is -2.25. The Labute approximate surface area is 123 Å². The Balaban J connectivity index is 2.22. The van der Waals surface area contributed by atoms with Crippen LogP contribution in [0.4, 0.5) is 5.69 Å². The average Bonchev–Trinajstić information content (AvgIpc) is 2.62. The van der Waals surface area contributed by atoms with Crippen molar-refractivity contribution < 1.29 is 29.2 Å². The number of phenolic OH excluding ortho intramolecular Hbond substituents is 1. The van der Waals surface area contributed by atoms with E-state index < -0.39 is 29.1 Å². The molecule has 1 aromatic rings. The summed E-state index contributed by atoms with van der Waals surface area (Å²) in [5.74, 6) is -1.73. The summed E-state index contributed by atoms with van der Waals surface area (Å²) in [6, 6.07) is 4.46. The van der Waals surface area contributed by atoms with E-state index in [0.29, 0.717) is 5.56 Å². The minimum absolute atomic E-state index is 0.0826. The second kappa shape index (κ2) is 5.70. The summed E-state index contributed by atoms with van der Waals surface area (Å²) >= 11 is 0. The molecule has 1 saturated heterocycles. The first-order valence-electron chi connectivity index (χ1n) is 6.26. The van der Waals surface area contributed by atoms with Gasteiger partial charge in [-0.15, -0.1) is 0 Å². The van der Waals surface area contributed by atoms with Crippen LogP contribution in [0.3, 0.4) is 0 Å². The van der Waals surface area contributed by atoms with Crippen LogP contribution >= 0.6 is 11.0 Å². The van der Waals surface area contributed by atoms with E-state index in [-0.39, 0.29) is 24.4 Å². The van der Waals surface area contributed by atoms with Crippen molar-refractivity contribution in [2.45, 2.75) is 19.6 Å². The summed E-state index contributed by atoms with van der Waals surface area (Å²) in [6.07, 6.45) is -0.860. The van der Waals surface area contributed by atoms with Gasteiger partial charge < -0.3 is 15.3 Å². The lowest BCUT2D eigenvalue weighted by Gasteiger charge is -2.36. The highest BCUT2D eigenvalue weighted by Gasteiger charge is 2.36. The van der Waals surface area contributed by atoms with Crippen molar-refractivity contribution in [1.29, 1.82) is 0 Å². The van der Waals surface area contributed by atoms with Gasteiger partial charge in [0.2, 0.25) is 0 Å². The number of aliphatic carboxylic acids is 1. The van der Waals surface area contributed by atoms with Gasteiger partial charge in [-0.3, -0.25) is 18.2 Å².